The maximum absolute atomic E-state index is 13.3. The van der Waals surface area contributed by atoms with E-state index in [-0.39, 0.29) is 11.9 Å². The molecular formula is C21H25N7OS. The summed E-state index contributed by atoms with van der Waals surface area (Å²) in [6.07, 6.45) is 0. The maximum atomic E-state index is 13.3. The van der Waals surface area contributed by atoms with E-state index in [2.05, 4.69) is 37.2 Å². The number of benzene rings is 1. The highest BCUT2D eigenvalue weighted by Crippen LogP contribution is 2.35. The number of hydrogen-bond acceptors (Lipinski definition) is 7. The fourth-order valence-corrected chi connectivity index (χ4v) is 5.17. The Bertz CT molecular complexity index is 1080. The molecule has 0 radical (unpaired) electrons. The molecule has 1 aromatic carbocycles. The van der Waals surface area contributed by atoms with Crippen molar-refractivity contribution in [1.29, 1.82) is 0 Å². The van der Waals surface area contributed by atoms with Gasteiger partial charge < -0.3 is 9.80 Å². The van der Waals surface area contributed by atoms with Gasteiger partial charge in [0.15, 0.2) is 11.5 Å². The van der Waals surface area contributed by atoms with Crippen LogP contribution in [0.4, 0.5) is 11.5 Å². The van der Waals surface area contributed by atoms with Crippen LogP contribution in [0.25, 0.3) is 5.65 Å². The molecule has 0 bridgehead atoms. The Kier molecular flexibility index (Phi) is 5.08. The summed E-state index contributed by atoms with van der Waals surface area (Å²) in [5, 5.41) is 12.9. The number of rotatable bonds is 3. The summed E-state index contributed by atoms with van der Waals surface area (Å²) in [6, 6.07) is 12.0. The molecule has 30 heavy (non-hydrogen) atoms. The molecule has 0 N–H and O–H groups in total. The molecule has 2 aromatic heterocycles. The first-order valence-corrected chi connectivity index (χ1v) is 11.3. The van der Waals surface area contributed by atoms with Gasteiger partial charge in [-0.15, -0.1) is 27.1 Å². The number of fused-ring (bicyclic) bond motifs is 2. The summed E-state index contributed by atoms with van der Waals surface area (Å²) >= 11 is 1.83. The van der Waals surface area contributed by atoms with Crippen LogP contribution in [0, 0.1) is 6.92 Å². The first-order valence-electron chi connectivity index (χ1n) is 10.3. The van der Waals surface area contributed by atoms with Gasteiger partial charge >= 0.3 is 0 Å². The number of hydrogen-bond donors (Lipinski definition) is 0. The van der Waals surface area contributed by atoms with Gasteiger partial charge in [0.25, 0.3) is 0 Å². The molecule has 1 unspecified atom stereocenters. The smallest absolute Gasteiger partial charge is 0.244 e. The van der Waals surface area contributed by atoms with E-state index >= 15 is 0 Å². The third-order valence-electron chi connectivity index (χ3n) is 5.94. The summed E-state index contributed by atoms with van der Waals surface area (Å²) in [6.45, 7) is 8.04. The molecule has 4 heterocycles. The summed E-state index contributed by atoms with van der Waals surface area (Å²) in [5.41, 5.74) is 1.81. The highest BCUT2D eigenvalue weighted by molar-refractivity contribution is 7.99. The summed E-state index contributed by atoms with van der Waals surface area (Å²) in [7, 11) is 0. The summed E-state index contributed by atoms with van der Waals surface area (Å²) < 4.78 is 1.78. The largest absolute Gasteiger partial charge is 0.353 e. The highest BCUT2D eigenvalue weighted by atomic mass is 32.2. The lowest BCUT2D eigenvalue weighted by molar-refractivity contribution is -0.123. The molecule has 0 spiro atoms. The van der Waals surface area contributed by atoms with Crippen molar-refractivity contribution in [1.82, 2.24) is 24.7 Å². The molecule has 1 amide bonds. The van der Waals surface area contributed by atoms with Crippen LogP contribution in [0.15, 0.2) is 41.3 Å². The molecule has 1 atom stereocenters. The van der Waals surface area contributed by atoms with Gasteiger partial charge in [-0.1, -0.05) is 12.1 Å². The molecule has 3 aromatic rings. The molecule has 0 aliphatic carbocycles. The Morgan fingerprint density at radius 3 is 2.67 bits per heavy atom. The van der Waals surface area contributed by atoms with Gasteiger partial charge in [0.1, 0.15) is 5.82 Å². The SMILES string of the molecule is Cc1nnc2ccc(N3CCN(C(C)C(=O)N4CCSc5ccccc54)CC3)nn12. The van der Waals surface area contributed by atoms with Gasteiger partial charge in [-0.2, -0.15) is 4.52 Å². The standard InChI is InChI=1S/C21H25N7OS/c1-15(21(29)27-13-14-30-18-6-4-3-5-17(18)27)25-9-11-26(12-10-25)20-8-7-19-23-22-16(2)28(19)24-20/h3-8,15H,9-14H2,1-2H3. The number of para-hydroxylation sites is 1. The molecule has 9 heteroatoms. The Balaban J connectivity index is 1.26. The van der Waals surface area contributed by atoms with Gasteiger partial charge in [0.2, 0.25) is 5.91 Å². The normalized spacial score (nSPS) is 18.5. The average molecular weight is 424 g/mol. The second-order valence-electron chi connectivity index (χ2n) is 7.71. The van der Waals surface area contributed by atoms with Crippen LogP contribution in [-0.2, 0) is 4.79 Å². The fraction of sp³-hybridized carbons (Fsp3) is 0.429. The third kappa shape index (κ3) is 3.41. The minimum Gasteiger partial charge on any atom is -0.353 e. The number of carbonyl (C=O) groups excluding carboxylic acids is 1. The van der Waals surface area contributed by atoms with Gasteiger partial charge in [0, 0.05) is 43.4 Å². The van der Waals surface area contributed by atoms with E-state index in [4.69, 9.17) is 0 Å². The van der Waals surface area contributed by atoms with Crippen molar-refractivity contribution in [3.8, 4) is 0 Å². The lowest BCUT2D eigenvalue weighted by atomic mass is 10.1. The number of aromatic nitrogens is 4. The van der Waals surface area contributed by atoms with Gasteiger partial charge in [-0.05, 0) is 38.1 Å². The maximum Gasteiger partial charge on any atom is 0.244 e. The van der Waals surface area contributed by atoms with E-state index in [9.17, 15) is 4.79 Å². The summed E-state index contributed by atoms with van der Waals surface area (Å²) in [4.78, 5) is 21.0. The van der Waals surface area contributed by atoms with Crippen molar-refractivity contribution in [2.24, 2.45) is 0 Å². The number of aryl methyl sites for hydroxylation is 1. The van der Waals surface area contributed by atoms with Crippen molar-refractivity contribution in [2.45, 2.75) is 24.8 Å². The van der Waals surface area contributed by atoms with E-state index in [0.717, 1.165) is 61.5 Å². The Hall–Kier alpha value is -2.65. The Morgan fingerprint density at radius 2 is 1.83 bits per heavy atom. The van der Waals surface area contributed by atoms with Crippen molar-refractivity contribution >= 4 is 34.8 Å². The zero-order valence-electron chi connectivity index (χ0n) is 17.2. The molecular weight excluding hydrogens is 398 g/mol. The monoisotopic (exact) mass is 423 g/mol. The lowest BCUT2D eigenvalue weighted by Gasteiger charge is -2.40. The zero-order chi connectivity index (χ0) is 20.7. The predicted octanol–water partition coefficient (Wildman–Crippen LogP) is 2.08. The lowest BCUT2D eigenvalue weighted by Crippen LogP contribution is -2.55. The molecule has 156 valence electrons. The molecule has 2 aliphatic heterocycles. The number of thioether (sulfide) groups is 1. The van der Waals surface area contributed by atoms with Crippen LogP contribution in [0.1, 0.15) is 12.7 Å². The van der Waals surface area contributed by atoms with Crippen LogP contribution in [0.2, 0.25) is 0 Å². The van der Waals surface area contributed by atoms with Crippen LogP contribution in [0.5, 0.6) is 0 Å². The average Bonchev–Trinajstić information content (AvgIpc) is 3.18. The van der Waals surface area contributed by atoms with E-state index < -0.39 is 0 Å². The molecule has 1 saturated heterocycles. The highest BCUT2D eigenvalue weighted by Gasteiger charge is 2.31. The van der Waals surface area contributed by atoms with Gasteiger partial charge in [-0.3, -0.25) is 9.69 Å². The van der Waals surface area contributed by atoms with E-state index in [0.29, 0.717) is 0 Å². The van der Waals surface area contributed by atoms with Crippen LogP contribution < -0.4 is 9.80 Å². The van der Waals surface area contributed by atoms with Crippen molar-refractivity contribution < 1.29 is 4.79 Å². The number of amides is 1. The molecule has 0 saturated carbocycles. The Morgan fingerprint density at radius 1 is 1.03 bits per heavy atom. The number of piperazine rings is 1. The minimum atomic E-state index is -0.140. The topological polar surface area (TPSA) is 69.9 Å². The van der Waals surface area contributed by atoms with E-state index in [1.165, 1.54) is 4.90 Å². The van der Waals surface area contributed by atoms with E-state index in [1.54, 1.807) is 4.52 Å². The van der Waals surface area contributed by atoms with Crippen molar-refractivity contribution in [2.75, 3.05) is 48.3 Å². The van der Waals surface area contributed by atoms with Crippen LogP contribution >= 0.6 is 11.8 Å². The second-order valence-corrected chi connectivity index (χ2v) is 8.85. The molecule has 8 nitrogen and oxygen atoms in total. The van der Waals surface area contributed by atoms with E-state index in [1.807, 2.05) is 54.8 Å². The Labute approximate surface area is 179 Å². The van der Waals surface area contributed by atoms with Gasteiger partial charge in [-0.25, -0.2) is 0 Å². The molecule has 5 rings (SSSR count). The third-order valence-corrected chi connectivity index (χ3v) is 6.99. The van der Waals surface area contributed by atoms with Crippen molar-refractivity contribution in [3.05, 3.63) is 42.2 Å². The predicted molar refractivity (Wildman–Crippen MR) is 118 cm³/mol. The van der Waals surface area contributed by atoms with Crippen LogP contribution in [0.3, 0.4) is 0 Å². The number of carbonyl (C=O) groups is 1. The van der Waals surface area contributed by atoms with Crippen molar-refractivity contribution in [3.63, 3.8) is 0 Å². The minimum absolute atomic E-state index is 0.140. The summed E-state index contributed by atoms with van der Waals surface area (Å²) in [5.74, 6) is 2.84. The zero-order valence-corrected chi connectivity index (χ0v) is 18.0. The fourth-order valence-electron chi connectivity index (χ4n) is 4.17. The first-order chi connectivity index (χ1) is 14.6. The first kappa shape index (κ1) is 19.3. The second kappa shape index (κ2) is 7.88. The quantitative estimate of drug-likeness (QED) is 0.639. The van der Waals surface area contributed by atoms with Gasteiger partial charge in [0.05, 0.1) is 11.7 Å². The number of nitrogens with zero attached hydrogens (tertiary/aromatic N) is 7. The molecule has 1 fully saturated rings. The number of anilines is 2. The molecule has 2 aliphatic rings. The van der Waals surface area contributed by atoms with Crippen LogP contribution in [-0.4, -0.2) is 75.1 Å².